The second-order valence-corrected chi connectivity index (χ2v) is 7.55. The molecule has 0 aliphatic carbocycles. The number of hydrogen-bond acceptors (Lipinski definition) is 3. The number of allylic oxidation sites excluding steroid dienone is 1. The first-order valence-corrected chi connectivity index (χ1v) is 9.50. The SMILES string of the molecule is CC(C)(CC=Cc1cccc(Oc2ccccc2)c1)c1ccc2c(c1)OCO2. The third kappa shape index (κ3) is 4.20. The first-order valence-electron chi connectivity index (χ1n) is 9.50. The predicted molar refractivity (Wildman–Crippen MR) is 112 cm³/mol. The van der Waals surface area contributed by atoms with Crippen LogP contribution in [-0.4, -0.2) is 6.79 Å². The van der Waals surface area contributed by atoms with Gasteiger partial charge < -0.3 is 14.2 Å². The van der Waals surface area contributed by atoms with Gasteiger partial charge in [0.05, 0.1) is 0 Å². The van der Waals surface area contributed by atoms with Gasteiger partial charge in [-0.1, -0.05) is 62.4 Å². The van der Waals surface area contributed by atoms with Crippen LogP contribution in [0.4, 0.5) is 0 Å². The lowest BCUT2D eigenvalue weighted by Gasteiger charge is -2.24. The first kappa shape index (κ1) is 18.2. The quantitative estimate of drug-likeness (QED) is 0.488. The summed E-state index contributed by atoms with van der Waals surface area (Å²) in [6.45, 7) is 4.79. The molecule has 0 atom stereocenters. The molecule has 0 spiro atoms. The highest BCUT2D eigenvalue weighted by Gasteiger charge is 2.22. The molecule has 0 aromatic heterocycles. The molecule has 0 N–H and O–H groups in total. The molecule has 0 radical (unpaired) electrons. The molecule has 0 saturated heterocycles. The van der Waals surface area contributed by atoms with Crippen LogP contribution in [-0.2, 0) is 5.41 Å². The van der Waals surface area contributed by atoms with Crippen molar-refractivity contribution in [3.05, 3.63) is 90.0 Å². The largest absolute Gasteiger partial charge is 0.457 e. The maximum Gasteiger partial charge on any atom is 0.231 e. The zero-order chi connectivity index (χ0) is 19.4. The van der Waals surface area contributed by atoms with E-state index in [0.29, 0.717) is 6.79 Å². The van der Waals surface area contributed by atoms with E-state index in [1.807, 2.05) is 48.5 Å². The Balaban J connectivity index is 1.43. The average Bonchev–Trinajstić information content (AvgIpc) is 3.17. The van der Waals surface area contributed by atoms with Gasteiger partial charge in [-0.05, 0) is 59.4 Å². The van der Waals surface area contributed by atoms with Crippen LogP contribution < -0.4 is 14.2 Å². The fraction of sp³-hybridized carbons (Fsp3) is 0.200. The number of rotatable bonds is 6. The Morgan fingerprint density at radius 1 is 0.857 bits per heavy atom. The summed E-state index contributed by atoms with van der Waals surface area (Å²) in [5.74, 6) is 3.33. The maximum absolute atomic E-state index is 5.92. The highest BCUT2D eigenvalue weighted by atomic mass is 16.7. The van der Waals surface area contributed by atoms with Crippen LogP contribution in [0.5, 0.6) is 23.0 Å². The summed E-state index contributed by atoms with van der Waals surface area (Å²) in [6, 6.07) is 24.2. The summed E-state index contributed by atoms with van der Waals surface area (Å²) >= 11 is 0. The third-order valence-corrected chi connectivity index (χ3v) is 4.93. The van der Waals surface area contributed by atoms with Crippen molar-refractivity contribution in [1.82, 2.24) is 0 Å². The first-order chi connectivity index (χ1) is 13.6. The summed E-state index contributed by atoms with van der Waals surface area (Å²) < 4.78 is 16.8. The molecule has 0 unspecified atom stereocenters. The zero-order valence-electron chi connectivity index (χ0n) is 16.2. The molecule has 3 aromatic carbocycles. The van der Waals surface area contributed by atoms with Crippen LogP contribution in [0.3, 0.4) is 0 Å². The number of ether oxygens (including phenoxy) is 3. The van der Waals surface area contributed by atoms with Gasteiger partial charge in [-0.25, -0.2) is 0 Å². The molecule has 3 heteroatoms. The van der Waals surface area contributed by atoms with E-state index in [4.69, 9.17) is 14.2 Å². The molecular weight excluding hydrogens is 348 g/mol. The van der Waals surface area contributed by atoms with Crippen molar-refractivity contribution in [2.75, 3.05) is 6.79 Å². The Labute approximate surface area is 166 Å². The summed E-state index contributed by atoms with van der Waals surface area (Å²) in [5.41, 5.74) is 2.35. The van der Waals surface area contributed by atoms with E-state index in [9.17, 15) is 0 Å². The molecule has 1 heterocycles. The van der Waals surface area contributed by atoms with Gasteiger partial charge in [0.15, 0.2) is 11.5 Å². The Kier molecular flexibility index (Phi) is 5.07. The lowest BCUT2D eigenvalue weighted by Crippen LogP contribution is -2.15. The van der Waals surface area contributed by atoms with Gasteiger partial charge in [-0.15, -0.1) is 0 Å². The Bertz CT molecular complexity index is 974. The molecule has 1 aliphatic rings. The van der Waals surface area contributed by atoms with Crippen LogP contribution in [0.15, 0.2) is 78.9 Å². The molecular formula is C25H24O3. The number of hydrogen-bond donors (Lipinski definition) is 0. The second kappa shape index (κ2) is 7.81. The molecule has 1 aliphatic heterocycles. The summed E-state index contributed by atoms with van der Waals surface area (Å²) in [7, 11) is 0. The number of para-hydroxylation sites is 1. The van der Waals surface area contributed by atoms with E-state index in [-0.39, 0.29) is 5.41 Å². The summed E-state index contributed by atoms with van der Waals surface area (Å²) in [4.78, 5) is 0. The van der Waals surface area contributed by atoms with Crippen molar-refractivity contribution in [3.63, 3.8) is 0 Å². The minimum atomic E-state index is -0.00434. The van der Waals surface area contributed by atoms with Crippen molar-refractivity contribution in [3.8, 4) is 23.0 Å². The maximum atomic E-state index is 5.92. The Morgan fingerprint density at radius 3 is 2.50 bits per heavy atom. The van der Waals surface area contributed by atoms with Gasteiger partial charge in [0, 0.05) is 0 Å². The topological polar surface area (TPSA) is 27.7 Å². The fourth-order valence-electron chi connectivity index (χ4n) is 3.23. The predicted octanol–water partition coefficient (Wildman–Crippen LogP) is 6.59. The van der Waals surface area contributed by atoms with Crippen molar-refractivity contribution < 1.29 is 14.2 Å². The van der Waals surface area contributed by atoms with Gasteiger partial charge in [-0.2, -0.15) is 0 Å². The molecule has 3 aromatic rings. The average molecular weight is 372 g/mol. The minimum Gasteiger partial charge on any atom is -0.457 e. The molecule has 0 bridgehead atoms. The van der Waals surface area contributed by atoms with Gasteiger partial charge in [0.1, 0.15) is 11.5 Å². The van der Waals surface area contributed by atoms with Crippen LogP contribution in [0.1, 0.15) is 31.4 Å². The van der Waals surface area contributed by atoms with Crippen LogP contribution in [0.25, 0.3) is 6.08 Å². The monoisotopic (exact) mass is 372 g/mol. The number of fused-ring (bicyclic) bond motifs is 1. The van der Waals surface area contributed by atoms with E-state index in [1.54, 1.807) is 0 Å². The smallest absolute Gasteiger partial charge is 0.231 e. The fourth-order valence-corrected chi connectivity index (χ4v) is 3.23. The molecule has 3 nitrogen and oxygen atoms in total. The number of benzene rings is 3. The normalized spacial score (nSPS) is 13.1. The van der Waals surface area contributed by atoms with E-state index >= 15 is 0 Å². The van der Waals surface area contributed by atoms with Crippen LogP contribution in [0.2, 0.25) is 0 Å². The lowest BCUT2D eigenvalue weighted by atomic mass is 9.81. The van der Waals surface area contributed by atoms with E-state index < -0.39 is 0 Å². The van der Waals surface area contributed by atoms with E-state index in [0.717, 1.165) is 35.0 Å². The molecule has 142 valence electrons. The second-order valence-electron chi connectivity index (χ2n) is 7.55. The Morgan fingerprint density at radius 2 is 1.64 bits per heavy atom. The van der Waals surface area contributed by atoms with Crippen molar-refractivity contribution >= 4 is 6.08 Å². The van der Waals surface area contributed by atoms with Crippen molar-refractivity contribution in [1.29, 1.82) is 0 Å². The van der Waals surface area contributed by atoms with Crippen LogP contribution >= 0.6 is 0 Å². The molecule has 0 saturated carbocycles. The zero-order valence-corrected chi connectivity index (χ0v) is 16.2. The van der Waals surface area contributed by atoms with Crippen molar-refractivity contribution in [2.45, 2.75) is 25.7 Å². The standard InChI is InChI=1S/C25H24O3/c1-25(2,20-13-14-23-24(17-20)27-18-26-23)15-7-9-19-8-6-12-22(16-19)28-21-10-4-3-5-11-21/h3-14,16-17H,15,18H2,1-2H3. The van der Waals surface area contributed by atoms with E-state index in [2.05, 4.69) is 50.3 Å². The van der Waals surface area contributed by atoms with E-state index in [1.165, 1.54) is 5.56 Å². The highest BCUT2D eigenvalue weighted by Crippen LogP contribution is 2.37. The van der Waals surface area contributed by atoms with Crippen molar-refractivity contribution in [2.24, 2.45) is 0 Å². The highest BCUT2D eigenvalue weighted by molar-refractivity contribution is 5.53. The van der Waals surface area contributed by atoms with Gasteiger partial charge in [0.25, 0.3) is 0 Å². The minimum absolute atomic E-state index is 0.00434. The van der Waals surface area contributed by atoms with Crippen LogP contribution in [0, 0.1) is 0 Å². The Hall–Kier alpha value is -3.20. The molecule has 0 amide bonds. The summed E-state index contributed by atoms with van der Waals surface area (Å²) in [5, 5.41) is 0. The van der Waals surface area contributed by atoms with Gasteiger partial charge in [0.2, 0.25) is 6.79 Å². The molecule has 4 rings (SSSR count). The third-order valence-electron chi connectivity index (χ3n) is 4.93. The van der Waals surface area contributed by atoms with Gasteiger partial charge >= 0.3 is 0 Å². The molecule has 28 heavy (non-hydrogen) atoms. The molecule has 0 fully saturated rings. The summed E-state index contributed by atoms with van der Waals surface area (Å²) in [6.07, 6.45) is 5.27. The lowest BCUT2D eigenvalue weighted by molar-refractivity contribution is 0.174. The van der Waals surface area contributed by atoms with Gasteiger partial charge in [-0.3, -0.25) is 0 Å².